The Kier molecular flexibility index (Phi) is 4.24. The van der Waals surface area contributed by atoms with Gasteiger partial charge in [-0.2, -0.15) is 0 Å². The molecule has 80 valence electrons. The normalized spacial score (nSPS) is 11.7. The molecule has 1 aromatic rings. The van der Waals surface area contributed by atoms with Crippen LogP contribution in [-0.2, 0) is 0 Å². The van der Waals surface area contributed by atoms with Crippen LogP contribution in [0.5, 0.6) is 5.75 Å². The minimum absolute atomic E-state index is 0.297. The van der Waals surface area contributed by atoms with Gasteiger partial charge in [0.25, 0.3) is 0 Å². The third-order valence-corrected chi connectivity index (χ3v) is 2.50. The van der Waals surface area contributed by atoms with Crippen LogP contribution in [0.4, 0.5) is 0 Å². The maximum Gasteiger partial charge on any atom is 0.119 e. The van der Waals surface area contributed by atoms with Gasteiger partial charge >= 0.3 is 0 Å². The first kappa shape index (κ1) is 11.7. The summed E-state index contributed by atoms with van der Waals surface area (Å²) in [4.78, 5) is 0. The highest BCUT2D eigenvalue weighted by atomic mass is 16.3. The highest BCUT2D eigenvalue weighted by Crippen LogP contribution is 2.30. The minimum Gasteiger partial charge on any atom is -0.508 e. The fourth-order valence-corrected chi connectivity index (χ4v) is 1.76. The summed E-state index contributed by atoms with van der Waals surface area (Å²) in [7, 11) is 0. The average Bonchev–Trinajstić information content (AvgIpc) is 2.18. The van der Waals surface area contributed by atoms with E-state index < -0.39 is 0 Å². The van der Waals surface area contributed by atoms with Gasteiger partial charge < -0.3 is 5.11 Å². The second-order valence-corrected chi connectivity index (χ2v) is 3.82. The predicted molar refractivity (Wildman–Crippen MR) is 63.9 cm³/mol. The molecule has 1 N–H and O–H groups in total. The number of aryl methyl sites for hydroxylation is 1. The zero-order valence-corrected chi connectivity index (χ0v) is 9.67. The van der Waals surface area contributed by atoms with E-state index >= 15 is 0 Å². The summed E-state index contributed by atoms with van der Waals surface area (Å²) in [5, 5.41) is 9.77. The van der Waals surface area contributed by atoms with Gasteiger partial charge in [-0.25, -0.2) is 0 Å². The lowest BCUT2D eigenvalue weighted by Crippen LogP contribution is -1.96. The Morgan fingerprint density at radius 2 is 2.07 bits per heavy atom. The molecule has 0 aliphatic carbocycles. The number of phenolic OH excluding ortho intramolecular Hbond substituents is 1. The van der Waals surface area contributed by atoms with Crippen LogP contribution in [0.2, 0.25) is 0 Å². The van der Waals surface area contributed by atoms with Gasteiger partial charge in [-0.1, -0.05) is 26.0 Å². The summed E-state index contributed by atoms with van der Waals surface area (Å²) in [6.45, 7) is 6.17. The molecule has 15 heavy (non-hydrogen) atoms. The van der Waals surface area contributed by atoms with E-state index in [0.717, 1.165) is 24.0 Å². The van der Waals surface area contributed by atoms with Crippen molar-refractivity contribution in [3.63, 3.8) is 0 Å². The lowest BCUT2D eigenvalue weighted by atomic mass is 9.93. The zero-order valence-electron chi connectivity index (χ0n) is 9.67. The highest BCUT2D eigenvalue weighted by Gasteiger charge is 2.11. The van der Waals surface area contributed by atoms with E-state index in [1.54, 1.807) is 6.07 Å². The summed E-state index contributed by atoms with van der Waals surface area (Å²) < 4.78 is 0. The maximum absolute atomic E-state index is 9.77. The van der Waals surface area contributed by atoms with Gasteiger partial charge in [0, 0.05) is 18.4 Å². The van der Waals surface area contributed by atoms with Crippen molar-refractivity contribution >= 4 is 0 Å². The van der Waals surface area contributed by atoms with Crippen molar-refractivity contribution in [2.45, 2.75) is 39.5 Å². The molecule has 0 aliphatic rings. The lowest BCUT2D eigenvalue weighted by molar-refractivity contribution is 0.462. The molecule has 0 amide bonds. The first-order valence-electron chi connectivity index (χ1n) is 5.41. The van der Waals surface area contributed by atoms with E-state index in [2.05, 4.69) is 18.8 Å². The molecule has 1 rings (SSSR count). The predicted octanol–water partition coefficient (Wildman–Crippen LogP) is 3.61. The first-order valence-corrected chi connectivity index (χ1v) is 5.41. The van der Waals surface area contributed by atoms with Crippen molar-refractivity contribution in [1.82, 2.24) is 0 Å². The van der Waals surface area contributed by atoms with Crippen molar-refractivity contribution in [3.05, 3.63) is 29.3 Å². The van der Waals surface area contributed by atoms with Crippen molar-refractivity contribution in [2.24, 2.45) is 0 Å². The molecule has 0 aliphatic heterocycles. The third-order valence-electron chi connectivity index (χ3n) is 2.50. The number of hydrogen-bond donors (Lipinski definition) is 1. The number of hydrogen-bond acceptors (Lipinski definition) is 1. The van der Waals surface area contributed by atoms with Crippen LogP contribution >= 0.6 is 0 Å². The van der Waals surface area contributed by atoms with E-state index in [9.17, 15) is 5.11 Å². The van der Waals surface area contributed by atoms with E-state index in [-0.39, 0.29) is 0 Å². The molecular weight excluding hydrogens is 184 g/mol. The molecule has 1 unspecified atom stereocenters. The molecule has 1 atom stereocenters. The SMILES string of the molecule is CCC#CCC(C)c1c(C)cccc1O. The Morgan fingerprint density at radius 3 is 2.67 bits per heavy atom. The topological polar surface area (TPSA) is 20.2 Å². The van der Waals surface area contributed by atoms with Crippen molar-refractivity contribution in [3.8, 4) is 17.6 Å². The Labute approximate surface area is 92.1 Å². The number of rotatable bonds is 2. The standard InChI is InChI=1S/C14H18O/c1-4-5-6-8-11(2)14-12(3)9-7-10-13(14)15/h7,9-11,15H,4,8H2,1-3H3. The van der Waals surface area contributed by atoms with Crippen LogP contribution in [0.15, 0.2) is 18.2 Å². The van der Waals surface area contributed by atoms with Crippen LogP contribution in [0, 0.1) is 18.8 Å². The van der Waals surface area contributed by atoms with Crippen molar-refractivity contribution in [1.29, 1.82) is 0 Å². The molecule has 0 heterocycles. The van der Waals surface area contributed by atoms with Gasteiger partial charge in [0.1, 0.15) is 5.75 Å². The second-order valence-electron chi connectivity index (χ2n) is 3.82. The van der Waals surface area contributed by atoms with Crippen LogP contribution < -0.4 is 0 Å². The molecular formula is C14H18O. The molecule has 0 radical (unpaired) electrons. The van der Waals surface area contributed by atoms with Crippen molar-refractivity contribution in [2.75, 3.05) is 0 Å². The van der Waals surface area contributed by atoms with Gasteiger partial charge in [-0.05, 0) is 24.5 Å². The Bertz CT molecular complexity index is 362. The summed E-state index contributed by atoms with van der Waals surface area (Å²) in [5.41, 5.74) is 2.17. The van der Waals surface area contributed by atoms with Gasteiger partial charge in [0.05, 0.1) is 0 Å². The minimum atomic E-state index is 0.297. The first-order chi connectivity index (χ1) is 7.16. The smallest absolute Gasteiger partial charge is 0.119 e. The summed E-state index contributed by atoms with van der Waals surface area (Å²) >= 11 is 0. The molecule has 1 aromatic carbocycles. The van der Waals surface area contributed by atoms with E-state index in [0.29, 0.717) is 11.7 Å². The molecule has 1 nitrogen and oxygen atoms in total. The number of aromatic hydroxyl groups is 1. The summed E-state index contributed by atoms with van der Waals surface area (Å²) in [6, 6.07) is 5.64. The highest BCUT2D eigenvalue weighted by molar-refractivity contribution is 5.41. The van der Waals surface area contributed by atoms with Gasteiger partial charge in [-0.3, -0.25) is 0 Å². The Hall–Kier alpha value is -1.42. The van der Waals surface area contributed by atoms with E-state index in [1.165, 1.54) is 0 Å². The van der Waals surface area contributed by atoms with Crippen molar-refractivity contribution < 1.29 is 5.11 Å². The summed E-state index contributed by atoms with van der Waals surface area (Å²) in [6.07, 6.45) is 1.71. The largest absolute Gasteiger partial charge is 0.508 e. The van der Waals surface area contributed by atoms with Crippen LogP contribution in [0.25, 0.3) is 0 Å². The van der Waals surface area contributed by atoms with Crippen LogP contribution in [0.3, 0.4) is 0 Å². The quantitative estimate of drug-likeness (QED) is 0.726. The van der Waals surface area contributed by atoms with Crippen LogP contribution in [0.1, 0.15) is 43.7 Å². The Balaban J connectivity index is 2.86. The third kappa shape index (κ3) is 3.02. The molecule has 0 spiro atoms. The monoisotopic (exact) mass is 202 g/mol. The van der Waals surface area contributed by atoms with E-state index in [1.807, 2.05) is 26.0 Å². The molecule has 0 fully saturated rings. The molecule has 1 heteroatoms. The number of phenols is 1. The average molecular weight is 202 g/mol. The number of benzene rings is 1. The van der Waals surface area contributed by atoms with Gasteiger partial charge in [-0.15, -0.1) is 11.8 Å². The Morgan fingerprint density at radius 1 is 1.33 bits per heavy atom. The fourth-order valence-electron chi connectivity index (χ4n) is 1.76. The molecule has 0 saturated heterocycles. The molecule has 0 bridgehead atoms. The maximum atomic E-state index is 9.77. The second kappa shape index (κ2) is 5.46. The zero-order chi connectivity index (χ0) is 11.3. The van der Waals surface area contributed by atoms with Gasteiger partial charge in [0.2, 0.25) is 0 Å². The lowest BCUT2D eigenvalue weighted by Gasteiger charge is -2.13. The van der Waals surface area contributed by atoms with Crippen LogP contribution in [-0.4, -0.2) is 5.11 Å². The fraction of sp³-hybridized carbons (Fsp3) is 0.429. The van der Waals surface area contributed by atoms with Gasteiger partial charge in [0.15, 0.2) is 0 Å². The van der Waals surface area contributed by atoms with E-state index in [4.69, 9.17) is 0 Å². The summed E-state index contributed by atoms with van der Waals surface area (Å²) in [5.74, 6) is 6.87. The molecule has 0 saturated carbocycles. The molecule has 0 aromatic heterocycles.